The standard InChI is InChI=1S/C29H25F3N2O8/c1-41-24-12-15(8-10-23(24)42-22-11-9-16(29(30,31)32)13-19(22)34(39)40)26-27-17(4-2-6-20(27)35)33(14-25(37)38)18-5-3-7-21(36)28(18)26/h8-13,26H,2-7,14H2,1H3,(H,37,38). The molecule has 0 aromatic heterocycles. The lowest BCUT2D eigenvalue weighted by atomic mass is 9.71. The van der Waals surface area contributed by atoms with E-state index in [-0.39, 0.29) is 42.5 Å². The average molecular weight is 587 g/mol. The molecule has 0 bridgehead atoms. The third-order valence-electron chi connectivity index (χ3n) is 7.60. The Balaban J connectivity index is 1.60. The van der Waals surface area contributed by atoms with Gasteiger partial charge in [0.15, 0.2) is 23.1 Å². The Bertz CT molecular complexity index is 1530. The van der Waals surface area contributed by atoms with Crippen molar-refractivity contribution in [3.8, 4) is 17.2 Å². The van der Waals surface area contributed by atoms with Crippen molar-refractivity contribution in [3.05, 3.63) is 80.2 Å². The summed E-state index contributed by atoms with van der Waals surface area (Å²) >= 11 is 0. The maximum absolute atomic E-state index is 13.3. The number of carbonyl (C=O) groups is 3. The molecule has 0 saturated carbocycles. The van der Waals surface area contributed by atoms with Crippen LogP contribution in [0.15, 0.2) is 58.9 Å². The van der Waals surface area contributed by atoms with Crippen molar-refractivity contribution in [1.29, 1.82) is 0 Å². The fourth-order valence-electron chi connectivity index (χ4n) is 5.87. The smallest absolute Gasteiger partial charge is 0.416 e. The number of benzene rings is 2. The van der Waals surface area contributed by atoms with Gasteiger partial charge >= 0.3 is 17.8 Å². The second kappa shape index (κ2) is 11.0. The van der Waals surface area contributed by atoms with Gasteiger partial charge in [-0.1, -0.05) is 6.07 Å². The molecule has 1 heterocycles. The van der Waals surface area contributed by atoms with E-state index in [1.807, 2.05) is 0 Å². The average Bonchev–Trinajstić information content (AvgIpc) is 2.93. The first-order valence-electron chi connectivity index (χ1n) is 13.1. The molecule has 10 nitrogen and oxygen atoms in total. The van der Waals surface area contributed by atoms with Crippen LogP contribution in [0.3, 0.4) is 0 Å². The van der Waals surface area contributed by atoms with E-state index in [0.717, 1.165) is 6.07 Å². The predicted octanol–water partition coefficient (Wildman–Crippen LogP) is 5.91. The van der Waals surface area contributed by atoms with Crippen molar-refractivity contribution in [2.45, 2.75) is 50.6 Å². The minimum absolute atomic E-state index is 0.0410. The van der Waals surface area contributed by atoms with E-state index in [4.69, 9.17) is 9.47 Å². The van der Waals surface area contributed by atoms with Crippen LogP contribution in [-0.4, -0.2) is 46.1 Å². The number of nitro benzene ring substituents is 1. The van der Waals surface area contributed by atoms with Crippen molar-refractivity contribution in [2.75, 3.05) is 13.7 Å². The van der Waals surface area contributed by atoms with E-state index in [9.17, 15) is 42.8 Å². The Kier molecular flexibility index (Phi) is 7.52. The number of carbonyl (C=O) groups excluding carboxylic acids is 2. The number of halogens is 3. The largest absolute Gasteiger partial charge is 0.493 e. The van der Waals surface area contributed by atoms with Crippen LogP contribution in [0.4, 0.5) is 18.9 Å². The summed E-state index contributed by atoms with van der Waals surface area (Å²) in [4.78, 5) is 50.5. The summed E-state index contributed by atoms with van der Waals surface area (Å²) in [5.41, 5.74) is 0.240. The summed E-state index contributed by atoms with van der Waals surface area (Å²) in [6, 6.07) is 6.38. The quantitative estimate of drug-likeness (QED) is 0.310. The van der Waals surface area contributed by atoms with E-state index >= 15 is 0 Å². The van der Waals surface area contributed by atoms with Gasteiger partial charge in [0.1, 0.15) is 6.54 Å². The molecule has 0 saturated heterocycles. The van der Waals surface area contributed by atoms with Gasteiger partial charge in [0, 0.05) is 47.4 Å². The van der Waals surface area contributed by atoms with Gasteiger partial charge in [-0.25, -0.2) is 0 Å². The molecule has 3 aliphatic rings. The monoisotopic (exact) mass is 586 g/mol. The normalized spacial score (nSPS) is 17.7. The Labute approximate surface area is 237 Å². The molecule has 0 atom stereocenters. The minimum Gasteiger partial charge on any atom is -0.493 e. The van der Waals surface area contributed by atoms with Crippen molar-refractivity contribution >= 4 is 23.2 Å². The van der Waals surface area contributed by atoms with E-state index in [1.165, 1.54) is 19.2 Å². The number of alkyl halides is 3. The first-order chi connectivity index (χ1) is 19.9. The fourth-order valence-corrected chi connectivity index (χ4v) is 5.87. The maximum atomic E-state index is 13.3. The molecule has 2 aromatic rings. The number of carboxylic acid groups (broad SMARTS) is 1. The van der Waals surface area contributed by atoms with Crippen LogP contribution < -0.4 is 9.47 Å². The zero-order chi connectivity index (χ0) is 30.3. The number of Topliss-reactive ketones (excluding diaryl/α,β-unsaturated/α-hetero) is 2. The van der Waals surface area contributed by atoms with Gasteiger partial charge in [0.25, 0.3) is 0 Å². The first kappa shape index (κ1) is 28.8. The van der Waals surface area contributed by atoms with Gasteiger partial charge in [-0.15, -0.1) is 0 Å². The van der Waals surface area contributed by atoms with Crippen molar-refractivity contribution in [3.63, 3.8) is 0 Å². The van der Waals surface area contributed by atoms with Crippen LogP contribution in [0.5, 0.6) is 17.2 Å². The third kappa shape index (κ3) is 5.21. The van der Waals surface area contributed by atoms with Crippen molar-refractivity contribution < 1.29 is 47.1 Å². The second-order valence-corrected chi connectivity index (χ2v) is 10.1. The van der Waals surface area contributed by atoms with E-state index in [1.54, 1.807) is 11.0 Å². The molecule has 0 amide bonds. The molecule has 2 aromatic carbocycles. The molecular formula is C29H25F3N2O8. The van der Waals surface area contributed by atoms with Gasteiger partial charge in [-0.3, -0.25) is 24.5 Å². The van der Waals surface area contributed by atoms with Crippen molar-refractivity contribution in [1.82, 2.24) is 4.90 Å². The molecule has 220 valence electrons. The highest BCUT2D eigenvalue weighted by molar-refractivity contribution is 6.06. The molecule has 13 heteroatoms. The number of aliphatic carboxylic acids is 1. The zero-order valence-electron chi connectivity index (χ0n) is 22.3. The lowest BCUT2D eigenvalue weighted by Gasteiger charge is -2.43. The number of hydrogen-bond donors (Lipinski definition) is 1. The third-order valence-corrected chi connectivity index (χ3v) is 7.60. The highest BCUT2D eigenvalue weighted by Crippen LogP contribution is 2.50. The van der Waals surface area contributed by atoms with Gasteiger partial charge in [0.05, 0.1) is 17.6 Å². The molecule has 0 unspecified atom stereocenters. The number of hydrogen-bond acceptors (Lipinski definition) is 8. The molecule has 0 spiro atoms. The van der Waals surface area contributed by atoms with Crippen LogP contribution in [0.1, 0.15) is 55.6 Å². The topological polar surface area (TPSA) is 136 Å². The van der Waals surface area contributed by atoms with Crippen LogP contribution in [-0.2, 0) is 20.6 Å². The highest BCUT2D eigenvalue weighted by Gasteiger charge is 2.44. The molecule has 5 rings (SSSR count). The number of nitrogens with zero attached hydrogens (tertiary/aromatic N) is 2. The molecule has 0 radical (unpaired) electrons. The van der Waals surface area contributed by atoms with E-state index in [2.05, 4.69) is 0 Å². The minimum atomic E-state index is -4.79. The Morgan fingerprint density at radius 1 is 0.976 bits per heavy atom. The summed E-state index contributed by atoms with van der Waals surface area (Å²) in [7, 11) is 1.30. The summed E-state index contributed by atoms with van der Waals surface area (Å²) in [6.07, 6.45) is -2.31. The lowest BCUT2D eigenvalue weighted by Crippen LogP contribution is -2.41. The van der Waals surface area contributed by atoms with Crippen LogP contribution in [0.25, 0.3) is 0 Å². The lowest BCUT2D eigenvalue weighted by molar-refractivity contribution is -0.385. The highest BCUT2D eigenvalue weighted by atomic mass is 19.4. The Morgan fingerprint density at radius 3 is 2.10 bits per heavy atom. The number of methoxy groups -OCH3 is 1. The summed E-state index contributed by atoms with van der Waals surface area (Å²) in [5, 5.41) is 21.1. The molecule has 2 aliphatic carbocycles. The van der Waals surface area contributed by atoms with E-state index < -0.39 is 40.0 Å². The van der Waals surface area contributed by atoms with Gasteiger partial charge in [-0.05, 0) is 55.5 Å². The predicted molar refractivity (Wildman–Crippen MR) is 140 cm³/mol. The number of rotatable bonds is 7. The number of ketones is 2. The second-order valence-electron chi connectivity index (χ2n) is 10.1. The molecular weight excluding hydrogens is 561 g/mol. The van der Waals surface area contributed by atoms with Crippen molar-refractivity contribution in [2.24, 2.45) is 0 Å². The number of ether oxygens (including phenoxy) is 2. The van der Waals surface area contributed by atoms with Crippen LogP contribution in [0, 0.1) is 10.1 Å². The van der Waals surface area contributed by atoms with E-state index in [0.29, 0.717) is 65.9 Å². The summed E-state index contributed by atoms with van der Waals surface area (Å²) in [5.74, 6) is -2.69. The fraction of sp³-hybridized carbons (Fsp3) is 0.345. The van der Waals surface area contributed by atoms with Gasteiger partial charge in [0.2, 0.25) is 5.75 Å². The molecule has 1 aliphatic heterocycles. The summed E-state index contributed by atoms with van der Waals surface area (Å²) < 4.78 is 50.5. The summed E-state index contributed by atoms with van der Waals surface area (Å²) in [6.45, 7) is -0.382. The van der Waals surface area contributed by atoms with Gasteiger partial charge < -0.3 is 19.5 Å². The SMILES string of the molecule is COc1cc(C2C3=C(CCCC3=O)N(CC(=O)O)C3=C2C(=O)CCC3)ccc1Oc1ccc(C(F)(F)F)cc1[N+](=O)[O-]. The number of allylic oxidation sites excluding steroid dienone is 4. The number of nitro groups is 1. The number of carboxylic acids is 1. The Hall–Kier alpha value is -4.68. The molecule has 0 fully saturated rings. The molecule has 1 N–H and O–H groups in total. The Morgan fingerprint density at radius 2 is 1.57 bits per heavy atom. The first-order valence-corrected chi connectivity index (χ1v) is 13.1. The maximum Gasteiger partial charge on any atom is 0.416 e. The van der Waals surface area contributed by atoms with Gasteiger partial charge in [-0.2, -0.15) is 13.2 Å². The molecule has 42 heavy (non-hydrogen) atoms. The van der Waals surface area contributed by atoms with Crippen LogP contribution >= 0.6 is 0 Å². The zero-order valence-corrected chi connectivity index (χ0v) is 22.3. The van der Waals surface area contributed by atoms with Crippen LogP contribution in [0.2, 0.25) is 0 Å².